The van der Waals surface area contributed by atoms with Crippen LogP contribution in [-0.4, -0.2) is 27.4 Å². The van der Waals surface area contributed by atoms with Crippen molar-refractivity contribution in [1.29, 1.82) is 0 Å². The Hall–Kier alpha value is -1.40. The fraction of sp³-hybridized carbons (Fsp3) is 0.650. The van der Waals surface area contributed by atoms with E-state index in [1.807, 2.05) is 6.07 Å². The van der Waals surface area contributed by atoms with Gasteiger partial charge in [-0.05, 0) is 67.7 Å². The number of rotatable bonds is 7. The molecule has 1 aromatic carbocycles. The largest absolute Gasteiger partial charge is 0.356 e. The number of benzene rings is 1. The van der Waals surface area contributed by atoms with E-state index in [2.05, 4.69) is 10.0 Å². The third-order valence-corrected chi connectivity index (χ3v) is 7.05. The maximum Gasteiger partial charge on any atom is 0.240 e. The molecule has 0 bridgehead atoms. The van der Waals surface area contributed by atoms with Gasteiger partial charge in [0.1, 0.15) is 0 Å². The molecule has 1 aromatic rings. The standard InChI is InChI=1S/C20H30N2O3S/c23-20(21-15-16-6-2-1-3-7-16)12-13-22-26(24,25)19-11-10-17-8-4-5-9-18(17)14-19/h10-11,14,16,22H,1-9,12-13,15H2,(H,21,23). The summed E-state index contributed by atoms with van der Waals surface area (Å²) in [5.74, 6) is 0.503. The molecule has 2 aliphatic rings. The molecule has 0 aliphatic heterocycles. The molecule has 5 nitrogen and oxygen atoms in total. The summed E-state index contributed by atoms with van der Waals surface area (Å²) in [5.41, 5.74) is 2.40. The smallest absolute Gasteiger partial charge is 0.240 e. The van der Waals surface area contributed by atoms with Crippen LogP contribution in [-0.2, 0) is 27.7 Å². The lowest BCUT2D eigenvalue weighted by molar-refractivity contribution is -0.121. The molecule has 2 aliphatic carbocycles. The topological polar surface area (TPSA) is 75.3 Å². The number of nitrogens with one attached hydrogen (secondary N) is 2. The third kappa shape index (κ3) is 5.30. The van der Waals surface area contributed by atoms with Crippen LogP contribution in [0.5, 0.6) is 0 Å². The molecule has 2 N–H and O–H groups in total. The number of carbonyl (C=O) groups is 1. The molecule has 3 rings (SSSR count). The van der Waals surface area contributed by atoms with Crippen molar-refractivity contribution in [2.45, 2.75) is 69.1 Å². The van der Waals surface area contributed by atoms with E-state index in [1.165, 1.54) is 44.1 Å². The minimum atomic E-state index is -3.55. The van der Waals surface area contributed by atoms with Crippen LogP contribution in [0.2, 0.25) is 0 Å². The van der Waals surface area contributed by atoms with Crippen LogP contribution < -0.4 is 10.0 Å². The fourth-order valence-corrected chi connectivity index (χ4v) is 5.08. The Labute approximate surface area is 157 Å². The van der Waals surface area contributed by atoms with Gasteiger partial charge in [-0.3, -0.25) is 4.79 Å². The predicted octanol–water partition coefficient (Wildman–Crippen LogP) is 2.93. The van der Waals surface area contributed by atoms with E-state index in [1.54, 1.807) is 12.1 Å². The highest BCUT2D eigenvalue weighted by Gasteiger charge is 2.18. The summed E-state index contributed by atoms with van der Waals surface area (Å²) in [5, 5.41) is 2.95. The van der Waals surface area contributed by atoms with Crippen molar-refractivity contribution in [2.24, 2.45) is 5.92 Å². The first kappa shape index (κ1) is 19.4. The Morgan fingerprint density at radius 2 is 1.73 bits per heavy atom. The van der Waals surface area contributed by atoms with Gasteiger partial charge in [0.25, 0.3) is 0 Å². The summed E-state index contributed by atoms with van der Waals surface area (Å²) in [4.78, 5) is 12.3. The van der Waals surface area contributed by atoms with Crippen molar-refractivity contribution >= 4 is 15.9 Å². The van der Waals surface area contributed by atoms with Gasteiger partial charge >= 0.3 is 0 Å². The van der Waals surface area contributed by atoms with Gasteiger partial charge in [0.05, 0.1) is 4.90 Å². The van der Waals surface area contributed by atoms with E-state index in [-0.39, 0.29) is 18.9 Å². The first-order chi connectivity index (χ1) is 12.5. The summed E-state index contributed by atoms with van der Waals surface area (Å²) >= 11 is 0. The zero-order valence-corrected chi connectivity index (χ0v) is 16.2. The molecule has 1 saturated carbocycles. The fourth-order valence-electron chi connectivity index (χ4n) is 4.00. The van der Waals surface area contributed by atoms with Gasteiger partial charge in [0, 0.05) is 19.5 Å². The molecule has 144 valence electrons. The molecule has 1 fully saturated rings. The number of amides is 1. The van der Waals surface area contributed by atoms with Crippen molar-refractivity contribution in [3.05, 3.63) is 29.3 Å². The lowest BCUT2D eigenvalue weighted by Gasteiger charge is -2.21. The summed E-state index contributed by atoms with van der Waals surface area (Å²) in [6.45, 7) is 0.853. The average Bonchev–Trinajstić information content (AvgIpc) is 2.66. The zero-order chi connectivity index (χ0) is 18.4. The molecule has 6 heteroatoms. The quantitative estimate of drug-likeness (QED) is 0.766. The molecule has 0 unspecified atom stereocenters. The highest BCUT2D eigenvalue weighted by Crippen LogP contribution is 2.24. The van der Waals surface area contributed by atoms with Crippen LogP contribution in [0.15, 0.2) is 23.1 Å². The second kappa shape index (κ2) is 9.00. The van der Waals surface area contributed by atoms with Crippen molar-refractivity contribution in [1.82, 2.24) is 10.0 Å². The van der Waals surface area contributed by atoms with Gasteiger partial charge < -0.3 is 5.32 Å². The first-order valence-electron chi connectivity index (χ1n) is 9.93. The van der Waals surface area contributed by atoms with E-state index in [0.717, 1.165) is 31.4 Å². The van der Waals surface area contributed by atoms with Gasteiger partial charge in [-0.15, -0.1) is 0 Å². The molecular weight excluding hydrogens is 348 g/mol. The van der Waals surface area contributed by atoms with Crippen LogP contribution in [0.3, 0.4) is 0 Å². The second-order valence-corrected chi connectivity index (χ2v) is 9.36. The molecule has 0 radical (unpaired) electrons. The number of hydrogen-bond acceptors (Lipinski definition) is 3. The van der Waals surface area contributed by atoms with Crippen molar-refractivity contribution in [2.75, 3.05) is 13.1 Å². The lowest BCUT2D eigenvalue weighted by Crippen LogP contribution is -2.33. The Bertz CT molecular complexity index is 725. The van der Waals surface area contributed by atoms with E-state index in [4.69, 9.17) is 0 Å². The number of sulfonamides is 1. The molecule has 26 heavy (non-hydrogen) atoms. The number of hydrogen-bond donors (Lipinski definition) is 2. The minimum Gasteiger partial charge on any atom is -0.356 e. The van der Waals surface area contributed by atoms with Crippen LogP contribution >= 0.6 is 0 Å². The highest BCUT2D eigenvalue weighted by molar-refractivity contribution is 7.89. The van der Waals surface area contributed by atoms with Crippen molar-refractivity contribution in [3.8, 4) is 0 Å². The highest BCUT2D eigenvalue weighted by atomic mass is 32.2. The molecule has 0 atom stereocenters. The van der Waals surface area contributed by atoms with Crippen LogP contribution in [0, 0.1) is 5.92 Å². The van der Waals surface area contributed by atoms with Gasteiger partial charge in [-0.1, -0.05) is 25.3 Å². The first-order valence-corrected chi connectivity index (χ1v) is 11.4. The van der Waals surface area contributed by atoms with Crippen molar-refractivity contribution < 1.29 is 13.2 Å². The van der Waals surface area contributed by atoms with Crippen LogP contribution in [0.25, 0.3) is 0 Å². The molecule has 1 amide bonds. The van der Waals surface area contributed by atoms with Crippen LogP contribution in [0.1, 0.15) is 62.5 Å². The number of carbonyl (C=O) groups excluding carboxylic acids is 1. The summed E-state index contributed by atoms with van der Waals surface area (Å²) in [6, 6.07) is 5.40. The molecular formula is C20H30N2O3S. The summed E-state index contributed by atoms with van der Waals surface area (Å²) in [7, 11) is -3.55. The molecule has 0 aromatic heterocycles. The van der Waals surface area contributed by atoms with Gasteiger partial charge in [-0.2, -0.15) is 0 Å². The Morgan fingerprint density at radius 1 is 1.00 bits per heavy atom. The number of fused-ring (bicyclic) bond motifs is 1. The predicted molar refractivity (Wildman–Crippen MR) is 102 cm³/mol. The Balaban J connectivity index is 1.45. The van der Waals surface area contributed by atoms with E-state index in [0.29, 0.717) is 10.8 Å². The zero-order valence-electron chi connectivity index (χ0n) is 15.4. The Kier molecular flexibility index (Phi) is 6.70. The maximum absolute atomic E-state index is 12.5. The Morgan fingerprint density at radius 3 is 2.50 bits per heavy atom. The molecule has 0 heterocycles. The van der Waals surface area contributed by atoms with E-state index >= 15 is 0 Å². The SMILES string of the molecule is O=C(CCNS(=O)(=O)c1ccc2c(c1)CCCC2)NCC1CCCCC1. The third-order valence-electron chi connectivity index (χ3n) is 5.59. The van der Waals surface area contributed by atoms with E-state index < -0.39 is 10.0 Å². The summed E-state index contributed by atoms with van der Waals surface area (Å²) in [6.07, 6.45) is 10.6. The van der Waals surface area contributed by atoms with Gasteiger partial charge in [0.2, 0.25) is 15.9 Å². The maximum atomic E-state index is 12.5. The molecule has 0 spiro atoms. The van der Waals surface area contributed by atoms with Crippen molar-refractivity contribution in [3.63, 3.8) is 0 Å². The second-order valence-electron chi connectivity index (χ2n) is 7.59. The minimum absolute atomic E-state index is 0.0799. The summed E-state index contributed by atoms with van der Waals surface area (Å²) < 4.78 is 27.5. The van der Waals surface area contributed by atoms with Gasteiger partial charge in [-0.25, -0.2) is 13.1 Å². The lowest BCUT2D eigenvalue weighted by atomic mass is 9.89. The van der Waals surface area contributed by atoms with Gasteiger partial charge in [0.15, 0.2) is 0 Å². The van der Waals surface area contributed by atoms with Crippen LogP contribution in [0.4, 0.5) is 0 Å². The molecule has 0 saturated heterocycles. The average molecular weight is 379 g/mol. The number of aryl methyl sites for hydroxylation is 2. The monoisotopic (exact) mass is 378 g/mol. The normalized spacial score (nSPS) is 18.3. The van der Waals surface area contributed by atoms with E-state index in [9.17, 15) is 13.2 Å².